The van der Waals surface area contributed by atoms with Crippen molar-refractivity contribution in [2.24, 2.45) is 13.0 Å². The Balaban J connectivity index is 1.72. The Morgan fingerprint density at radius 1 is 1.04 bits per heavy atom. The van der Waals surface area contributed by atoms with Crippen LogP contribution in [0.1, 0.15) is 82.9 Å². The number of aromatic nitrogens is 4. The van der Waals surface area contributed by atoms with Gasteiger partial charge in [-0.05, 0) is 50.1 Å². The minimum Gasteiger partial charge on any atom is -0.446 e. The van der Waals surface area contributed by atoms with Gasteiger partial charge in [0.05, 0.1) is 11.1 Å². The summed E-state index contributed by atoms with van der Waals surface area (Å²) in [5.41, 5.74) is -1.42. The standard InChI is InChI=1S/C32H34FN5O7/c1-18(2)30(45-29(42)21-10-8-7-9-11-21)44-25-24(23(39)17-14-20-12-15-22(33)16-13-20)34-31(38(6)28(25)41)32(4,5)35-26(40)27-37-36-19(3)43-27/h7-13,15-16,18,30H,14,17H2,1-6H3,(H,35,40). The van der Waals surface area contributed by atoms with E-state index in [0.29, 0.717) is 5.56 Å². The number of ketones is 1. The van der Waals surface area contributed by atoms with Crippen LogP contribution in [0.5, 0.6) is 5.75 Å². The number of benzene rings is 2. The SMILES string of the molecule is Cc1nnc(C(=O)NC(C)(C)c2nc(C(=O)CCc3ccc(F)cc3)c(OC(OC(=O)c3ccccc3)C(C)C)c(=O)n2C)o1. The summed E-state index contributed by atoms with van der Waals surface area (Å²) < 4.78 is 31.4. The Kier molecular flexibility index (Phi) is 9.90. The predicted octanol–water partition coefficient (Wildman–Crippen LogP) is 4.31. The monoisotopic (exact) mass is 619 g/mol. The van der Waals surface area contributed by atoms with Crippen LogP contribution in [0.25, 0.3) is 0 Å². The van der Waals surface area contributed by atoms with Gasteiger partial charge in [-0.1, -0.05) is 44.2 Å². The molecule has 0 aliphatic rings. The number of ether oxygens (including phenoxy) is 2. The first-order valence-corrected chi connectivity index (χ1v) is 14.2. The summed E-state index contributed by atoms with van der Waals surface area (Å²) in [6.07, 6.45) is -1.14. The summed E-state index contributed by atoms with van der Waals surface area (Å²) in [6, 6.07) is 13.9. The maximum Gasteiger partial charge on any atom is 0.341 e. The number of hydrogen-bond acceptors (Lipinski definition) is 10. The van der Waals surface area contributed by atoms with E-state index in [-0.39, 0.29) is 41.7 Å². The Morgan fingerprint density at radius 2 is 1.71 bits per heavy atom. The van der Waals surface area contributed by atoms with Crippen LogP contribution in [0, 0.1) is 18.7 Å². The van der Waals surface area contributed by atoms with E-state index in [0.717, 1.165) is 4.57 Å². The highest BCUT2D eigenvalue weighted by molar-refractivity contribution is 5.97. The molecule has 1 N–H and O–H groups in total. The molecular formula is C32H34FN5O7. The van der Waals surface area contributed by atoms with E-state index in [4.69, 9.17) is 13.9 Å². The lowest BCUT2D eigenvalue weighted by Crippen LogP contribution is -2.46. The van der Waals surface area contributed by atoms with Crippen LogP contribution in [0.2, 0.25) is 0 Å². The molecule has 0 aliphatic heterocycles. The second-order valence-corrected chi connectivity index (χ2v) is 11.2. The number of rotatable bonds is 12. The molecule has 1 amide bonds. The highest BCUT2D eigenvalue weighted by atomic mass is 19.1. The molecule has 236 valence electrons. The average molecular weight is 620 g/mol. The third-order valence-electron chi connectivity index (χ3n) is 6.78. The number of nitrogens with one attached hydrogen (secondary N) is 1. The van der Waals surface area contributed by atoms with E-state index in [1.54, 1.807) is 70.2 Å². The third kappa shape index (κ3) is 7.85. The van der Waals surface area contributed by atoms with Crippen molar-refractivity contribution in [1.82, 2.24) is 25.1 Å². The minimum atomic E-state index is -1.32. The number of amides is 1. The highest BCUT2D eigenvalue weighted by Gasteiger charge is 2.34. The molecule has 12 nitrogen and oxygen atoms in total. The first-order chi connectivity index (χ1) is 21.3. The molecule has 13 heteroatoms. The van der Waals surface area contributed by atoms with Gasteiger partial charge < -0.3 is 19.2 Å². The van der Waals surface area contributed by atoms with Crippen LogP contribution in [0.4, 0.5) is 4.39 Å². The third-order valence-corrected chi connectivity index (χ3v) is 6.78. The van der Waals surface area contributed by atoms with Gasteiger partial charge >= 0.3 is 17.8 Å². The number of hydrogen-bond donors (Lipinski definition) is 1. The smallest absolute Gasteiger partial charge is 0.341 e. The van der Waals surface area contributed by atoms with Gasteiger partial charge in [-0.25, -0.2) is 14.2 Å². The highest BCUT2D eigenvalue weighted by Crippen LogP contribution is 2.25. The van der Waals surface area contributed by atoms with Gasteiger partial charge in [0.15, 0.2) is 11.5 Å². The van der Waals surface area contributed by atoms with E-state index in [9.17, 15) is 23.6 Å². The zero-order chi connectivity index (χ0) is 32.9. The van der Waals surface area contributed by atoms with Crippen LogP contribution >= 0.6 is 0 Å². The first kappa shape index (κ1) is 32.7. The van der Waals surface area contributed by atoms with Gasteiger partial charge in [-0.2, -0.15) is 0 Å². The Labute approximate surface area is 258 Å². The molecule has 4 aromatic rings. The number of carbonyl (C=O) groups excluding carboxylic acids is 3. The van der Waals surface area contributed by atoms with Gasteiger partial charge in [0, 0.05) is 26.3 Å². The van der Waals surface area contributed by atoms with E-state index in [1.165, 1.54) is 26.1 Å². The normalized spacial score (nSPS) is 12.1. The largest absolute Gasteiger partial charge is 0.446 e. The number of Topliss-reactive ketones (excluding diaryl/α,β-unsaturated/α-hetero) is 1. The van der Waals surface area contributed by atoms with E-state index in [1.807, 2.05) is 0 Å². The van der Waals surface area contributed by atoms with Gasteiger partial charge in [-0.15, -0.1) is 10.2 Å². The zero-order valence-corrected chi connectivity index (χ0v) is 25.8. The molecule has 0 bridgehead atoms. The fraction of sp³-hybridized carbons (Fsp3) is 0.344. The molecule has 0 radical (unpaired) electrons. The Bertz CT molecular complexity index is 1750. The molecule has 2 aromatic carbocycles. The summed E-state index contributed by atoms with van der Waals surface area (Å²) in [6.45, 7) is 8.15. The molecule has 0 fully saturated rings. The molecule has 2 heterocycles. The topological polar surface area (TPSA) is 156 Å². The fourth-order valence-corrected chi connectivity index (χ4v) is 4.40. The number of esters is 1. The van der Waals surface area contributed by atoms with Crippen molar-refractivity contribution in [1.29, 1.82) is 0 Å². The zero-order valence-electron chi connectivity index (χ0n) is 25.8. The molecule has 4 rings (SSSR count). The van der Waals surface area contributed by atoms with E-state index >= 15 is 0 Å². The maximum atomic E-state index is 13.9. The van der Waals surface area contributed by atoms with Crippen molar-refractivity contribution in [3.8, 4) is 5.75 Å². The summed E-state index contributed by atoms with van der Waals surface area (Å²) in [5.74, 6) is -3.29. The van der Waals surface area contributed by atoms with Crippen molar-refractivity contribution in [3.05, 3.63) is 105 Å². The number of aryl methyl sites for hydroxylation is 2. The second kappa shape index (κ2) is 13.6. The lowest BCUT2D eigenvalue weighted by Gasteiger charge is -2.28. The fourth-order valence-electron chi connectivity index (χ4n) is 4.40. The van der Waals surface area contributed by atoms with Gasteiger partial charge in [0.1, 0.15) is 11.6 Å². The first-order valence-electron chi connectivity index (χ1n) is 14.2. The second-order valence-electron chi connectivity index (χ2n) is 11.2. The van der Waals surface area contributed by atoms with Crippen LogP contribution in [0.15, 0.2) is 63.8 Å². The number of nitrogens with zero attached hydrogens (tertiary/aromatic N) is 4. The van der Waals surface area contributed by atoms with E-state index in [2.05, 4.69) is 20.5 Å². The maximum absolute atomic E-state index is 13.9. The molecule has 2 aromatic heterocycles. The van der Waals surface area contributed by atoms with Crippen LogP contribution in [-0.4, -0.2) is 43.7 Å². The predicted molar refractivity (Wildman–Crippen MR) is 159 cm³/mol. The van der Waals surface area contributed by atoms with Crippen molar-refractivity contribution < 1.29 is 32.7 Å². The Morgan fingerprint density at radius 3 is 2.31 bits per heavy atom. The molecule has 1 atom stereocenters. The summed E-state index contributed by atoms with van der Waals surface area (Å²) in [7, 11) is 1.41. The summed E-state index contributed by atoms with van der Waals surface area (Å²) in [5, 5.41) is 10.1. The average Bonchev–Trinajstić information content (AvgIpc) is 3.45. The molecule has 0 saturated carbocycles. The number of carbonyl (C=O) groups is 3. The van der Waals surface area contributed by atoms with Crippen molar-refractivity contribution in [3.63, 3.8) is 0 Å². The van der Waals surface area contributed by atoms with Crippen LogP contribution in [0.3, 0.4) is 0 Å². The molecule has 0 spiro atoms. The van der Waals surface area contributed by atoms with Crippen molar-refractivity contribution >= 4 is 17.7 Å². The molecule has 0 aliphatic carbocycles. The summed E-state index contributed by atoms with van der Waals surface area (Å²) in [4.78, 5) is 57.8. The minimum absolute atomic E-state index is 0.0250. The Hall–Kier alpha value is -5.20. The van der Waals surface area contributed by atoms with Crippen LogP contribution in [-0.2, 0) is 23.7 Å². The van der Waals surface area contributed by atoms with Gasteiger partial charge in [0.2, 0.25) is 17.9 Å². The molecule has 0 saturated heterocycles. The quantitative estimate of drug-likeness (QED) is 0.138. The van der Waals surface area contributed by atoms with Crippen LogP contribution < -0.4 is 15.6 Å². The van der Waals surface area contributed by atoms with Gasteiger partial charge in [0.25, 0.3) is 5.56 Å². The van der Waals surface area contributed by atoms with E-state index < -0.39 is 52.5 Å². The van der Waals surface area contributed by atoms with Crippen molar-refractivity contribution in [2.45, 2.75) is 59.3 Å². The molecular weight excluding hydrogens is 585 g/mol. The van der Waals surface area contributed by atoms with Crippen molar-refractivity contribution in [2.75, 3.05) is 0 Å². The van der Waals surface area contributed by atoms with Gasteiger partial charge in [-0.3, -0.25) is 19.0 Å². The number of halogens is 1. The lowest BCUT2D eigenvalue weighted by atomic mass is 10.0. The lowest BCUT2D eigenvalue weighted by molar-refractivity contribution is -0.0743. The molecule has 45 heavy (non-hydrogen) atoms. The molecule has 1 unspecified atom stereocenters. The summed E-state index contributed by atoms with van der Waals surface area (Å²) >= 11 is 0.